The minimum absolute atomic E-state index is 0.220. The lowest BCUT2D eigenvalue weighted by Gasteiger charge is -2.22. The van der Waals surface area contributed by atoms with E-state index in [0.717, 1.165) is 0 Å². The van der Waals surface area contributed by atoms with Crippen molar-refractivity contribution >= 4 is 28.3 Å². The van der Waals surface area contributed by atoms with Crippen LogP contribution in [0.15, 0.2) is 20.7 Å². The molecule has 118 valence electrons. The summed E-state index contributed by atoms with van der Waals surface area (Å²) in [7, 11) is 3.08. The van der Waals surface area contributed by atoms with Crippen molar-refractivity contribution in [2.24, 2.45) is 21.1 Å². The first-order valence-corrected chi connectivity index (χ1v) is 7.23. The van der Waals surface area contributed by atoms with E-state index < -0.39 is 24.3 Å². The van der Waals surface area contributed by atoms with Gasteiger partial charge in [0.2, 0.25) is 0 Å². The second-order valence-electron chi connectivity index (χ2n) is 4.31. The van der Waals surface area contributed by atoms with E-state index in [2.05, 4.69) is 36.1 Å². The van der Waals surface area contributed by atoms with Gasteiger partial charge in [-0.2, -0.15) is 15.6 Å². The van der Waals surface area contributed by atoms with Gasteiger partial charge in [-0.1, -0.05) is 11.3 Å². The third kappa shape index (κ3) is 3.56. The van der Waals surface area contributed by atoms with Gasteiger partial charge in [0.05, 0.1) is 12.1 Å². The standard InChI is InChI=1S/C11H12N10OS/c1-14-10(22)17-7-9(18-20-11-19-15-5-23-11)21(2)8(16-7)6(3-12)4-13/h5-7,9H,1-2H3,(H2,14,17,22). The van der Waals surface area contributed by atoms with E-state index in [9.17, 15) is 4.79 Å². The van der Waals surface area contributed by atoms with Crippen LogP contribution in [-0.4, -0.2) is 53.4 Å². The van der Waals surface area contributed by atoms with Gasteiger partial charge in [0.1, 0.15) is 11.3 Å². The molecule has 0 radical (unpaired) electrons. The van der Waals surface area contributed by atoms with Crippen LogP contribution < -0.4 is 10.6 Å². The van der Waals surface area contributed by atoms with Crippen LogP contribution in [-0.2, 0) is 0 Å². The van der Waals surface area contributed by atoms with Gasteiger partial charge in [0, 0.05) is 14.1 Å². The van der Waals surface area contributed by atoms with Gasteiger partial charge in [-0.05, 0) is 0 Å². The summed E-state index contributed by atoms with van der Waals surface area (Å²) in [4.78, 5) is 17.3. The number of aliphatic imine (C=N–C) groups is 1. The third-order valence-electron chi connectivity index (χ3n) is 2.94. The van der Waals surface area contributed by atoms with Crippen molar-refractivity contribution in [1.82, 2.24) is 25.7 Å². The summed E-state index contributed by atoms with van der Waals surface area (Å²) >= 11 is 1.20. The quantitative estimate of drug-likeness (QED) is 0.751. The maximum Gasteiger partial charge on any atom is 0.316 e. The SMILES string of the molecule is CNC(=O)NC1N=C(C(C#N)C#N)N(C)C1N=Nc1nncs1. The molecular weight excluding hydrogens is 320 g/mol. The number of nitrogens with zero attached hydrogens (tertiary/aromatic N) is 8. The number of rotatable bonds is 4. The normalized spacial score (nSPS) is 20.2. The smallest absolute Gasteiger partial charge is 0.316 e. The second-order valence-corrected chi connectivity index (χ2v) is 5.12. The topological polar surface area (TPSA) is 155 Å². The Balaban J connectivity index is 2.26. The fourth-order valence-electron chi connectivity index (χ4n) is 1.84. The number of aromatic nitrogens is 2. The summed E-state index contributed by atoms with van der Waals surface area (Å²) in [5.41, 5.74) is 1.51. The van der Waals surface area contributed by atoms with Crippen LogP contribution in [0.25, 0.3) is 0 Å². The highest BCUT2D eigenvalue weighted by Crippen LogP contribution is 2.22. The Morgan fingerprint density at radius 1 is 1.52 bits per heavy atom. The Bertz CT molecular complexity index is 685. The number of likely N-dealkylation sites (N-methyl/N-ethyl adjacent to an activating group) is 1. The molecule has 0 saturated heterocycles. The van der Waals surface area contributed by atoms with Crippen molar-refractivity contribution in [3.63, 3.8) is 0 Å². The molecule has 2 atom stereocenters. The maximum atomic E-state index is 11.5. The highest BCUT2D eigenvalue weighted by Gasteiger charge is 2.38. The van der Waals surface area contributed by atoms with Gasteiger partial charge in [0.25, 0.3) is 5.13 Å². The Kier molecular flexibility index (Phi) is 5.11. The number of hydrogen-bond acceptors (Lipinski definition) is 10. The number of carbonyl (C=O) groups is 1. The van der Waals surface area contributed by atoms with Crippen LogP contribution in [0.3, 0.4) is 0 Å². The zero-order valence-electron chi connectivity index (χ0n) is 12.2. The highest BCUT2D eigenvalue weighted by atomic mass is 32.1. The highest BCUT2D eigenvalue weighted by molar-refractivity contribution is 7.13. The third-order valence-corrected chi connectivity index (χ3v) is 3.52. The number of nitriles is 2. The van der Waals surface area contributed by atoms with Crippen LogP contribution in [0.5, 0.6) is 0 Å². The van der Waals surface area contributed by atoms with Crippen molar-refractivity contribution < 1.29 is 4.79 Å². The Morgan fingerprint density at radius 3 is 2.83 bits per heavy atom. The monoisotopic (exact) mass is 332 g/mol. The molecule has 11 nitrogen and oxygen atoms in total. The lowest BCUT2D eigenvalue weighted by Crippen LogP contribution is -2.47. The van der Waals surface area contributed by atoms with E-state index in [4.69, 9.17) is 10.5 Å². The van der Waals surface area contributed by atoms with Gasteiger partial charge in [-0.3, -0.25) is 0 Å². The first-order chi connectivity index (χ1) is 11.1. The number of urea groups is 1. The van der Waals surface area contributed by atoms with Crippen LogP contribution in [0, 0.1) is 28.6 Å². The fourth-order valence-corrected chi connectivity index (χ4v) is 2.22. The molecule has 2 unspecified atom stereocenters. The molecule has 2 N–H and O–H groups in total. The van der Waals surface area contributed by atoms with Crippen molar-refractivity contribution in [3.05, 3.63) is 5.51 Å². The lowest BCUT2D eigenvalue weighted by atomic mass is 10.1. The first kappa shape index (κ1) is 16.3. The lowest BCUT2D eigenvalue weighted by molar-refractivity contribution is 0.232. The number of hydrogen-bond donors (Lipinski definition) is 2. The summed E-state index contributed by atoms with van der Waals surface area (Å²) in [6.07, 6.45) is -1.48. The molecule has 0 saturated carbocycles. The summed E-state index contributed by atoms with van der Waals surface area (Å²) in [6.45, 7) is 0. The molecule has 2 heterocycles. The van der Waals surface area contributed by atoms with Gasteiger partial charge in [-0.25, -0.2) is 9.79 Å². The number of amidine groups is 1. The predicted molar refractivity (Wildman–Crippen MR) is 79.5 cm³/mol. The molecule has 2 rings (SSSR count). The van der Waals surface area contributed by atoms with Gasteiger partial charge < -0.3 is 15.5 Å². The summed E-state index contributed by atoms with van der Waals surface area (Å²) in [5.74, 6) is -0.840. The Labute approximate surface area is 135 Å². The molecule has 0 aliphatic carbocycles. The molecule has 1 aliphatic rings. The minimum atomic E-state index is -1.06. The van der Waals surface area contributed by atoms with E-state index in [1.54, 1.807) is 7.05 Å². The van der Waals surface area contributed by atoms with Gasteiger partial charge >= 0.3 is 6.03 Å². The Morgan fingerprint density at radius 2 is 2.26 bits per heavy atom. The zero-order chi connectivity index (χ0) is 16.8. The van der Waals surface area contributed by atoms with Crippen molar-refractivity contribution in [2.75, 3.05) is 14.1 Å². The number of nitrogens with one attached hydrogen (secondary N) is 2. The van der Waals surface area contributed by atoms with E-state index >= 15 is 0 Å². The van der Waals surface area contributed by atoms with E-state index in [1.807, 2.05) is 12.1 Å². The largest absolute Gasteiger partial charge is 0.341 e. The second kappa shape index (κ2) is 7.24. The predicted octanol–water partition coefficient (Wildman–Crippen LogP) is 0.210. The molecule has 1 aromatic heterocycles. The number of azo groups is 1. The van der Waals surface area contributed by atoms with Gasteiger partial charge in [-0.15, -0.1) is 15.3 Å². The number of amides is 2. The molecule has 0 spiro atoms. The van der Waals surface area contributed by atoms with E-state index in [1.165, 1.54) is 28.8 Å². The zero-order valence-corrected chi connectivity index (χ0v) is 13.0. The minimum Gasteiger partial charge on any atom is -0.341 e. The van der Waals surface area contributed by atoms with E-state index in [-0.39, 0.29) is 5.84 Å². The average molecular weight is 332 g/mol. The van der Waals surface area contributed by atoms with Crippen LogP contribution in [0.4, 0.5) is 9.93 Å². The Hall–Kier alpha value is -3.12. The number of carbonyl (C=O) groups excluding carboxylic acids is 1. The molecule has 0 fully saturated rings. The van der Waals surface area contributed by atoms with E-state index in [0.29, 0.717) is 5.13 Å². The van der Waals surface area contributed by atoms with Crippen molar-refractivity contribution in [1.29, 1.82) is 10.5 Å². The molecule has 12 heteroatoms. The summed E-state index contributed by atoms with van der Waals surface area (Å²) < 4.78 is 0. The molecule has 2 amide bonds. The van der Waals surface area contributed by atoms with Crippen LogP contribution in [0.2, 0.25) is 0 Å². The summed E-state index contributed by atoms with van der Waals surface area (Å²) in [5, 5.41) is 38.8. The van der Waals surface area contributed by atoms with Crippen molar-refractivity contribution in [2.45, 2.75) is 12.3 Å². The maximum absolute atomic E-state index is 11.5. The average Bonchev–Trinajstić information content (AvgIpc) is 3.16. The molecule has 0 bridgehead atoms. The molecule has 1 aliphatic heterocycles. The van der Waals surface area contributed by atoms with Crippen LogP contribution >= 0.6 is 11.3 Å². The van der Waals surface area contributed by atoms with Crippen molar-refractivity contribution in [3.8, 4) is 12.1 Å². The first-order valence-electron chi connectivity index (χ1n) is 6.35. The molecule has 0 aromatic carbocycles. The van der Waals surface area contributed by atoms with Crippen LogP contribution in [0.1, 0.15) is 0 Å². The fraction of sp³-hybridized carbons (Fsp3) is 0.455. The van der Waals surface area contributed by atoms with Gasteiger partial charge in [0.15, 0.2) is 18.2 Å². The molecule has 23 heavy (non-hydrogen) atoms. The summed E-state index contributed by atoms with van der Waals surface area (Å²) in [6, 6.07) is 3.23. The molecule has 1 aromatic rings. The molecular formula is C11H12N10OS.